The fourth-order valence-electron chi connectivity index (χ4n) is 2.85. The Bertz CT molecular complexity index is 743. The number of methoxy groups -OCH3 is 1. The standard InChI is InChI=1S/C18H20ClN3O2/c1-24-15-4-2-3-14(12-15)21-7-9-22(10-8-21)18(23)16-6-5-13(20)11-17(16)19/h2-6,11-12H,7-10,20H2,1H3. The number of benzene rings is 2. The summed E-state index contributed by atoms with van der Waals surface area (Å²) < 4.78 is 5.27. The van der Waals surface area contributed by atoms with Crippen LogP contribution in [0.4, 0.5) is 11.4 Å². The summed E-state index contributed by atoms with van der Waals surface area (Å²) in [5, 5.41) is 0.398. The number of nitrogen functional groups attached to an aromatic ring is 1. The lowest BCUT2D eigenvalue weighted by molar-refractivity contribution is 0.0747. The molecule has 6 heteroatoms. The van der Waals surface area contributed by atoms with Crippen molar-refractivity contribution in [2.45, 2.75) is 0 Å². The number of halogens is 1. The molecule has 126 valence electrons. The Labute approximate surface area is 146 Å². The molecule has 1 aliphatic rings. The number of carbonyl (C=O) groups excluding carboxylic acids is 1. The average Bonchev–Trinajstić information content (AvgIpc) is 2.61. The van der Waals surface area contributed by atoms with Crippen LogP contribution in [-0.4, -0.2) is 44.1 Å². The van der Waals surface area contributed by atoms with Crippen LogP contribution < -0.4 is 15.4 Å². The van der Waals surface area contributed by atoms with E-state index in [2.05, 4.69) is 11.0 Å². The maximum atomic E-state index is 12.6. The molecule has 2 N–H and O–H groups in total. The van der Waals surface area contributed by atoms with Gasteiger partial charge in [-0.05, 0) is 30.3 Å². The lowest BCUT2D eigenvalue weighted by Crippen LogP contribution is -2.48. The third-order valence-electron chi connectivity index (χ3n) is 4.21. The molecule has 0 spiro atoms. The van der Waals surface area contributed by atoms with Crippen molar-refractivity contribution in [3.05, 3.63) is 53.1 Å². The van der Waals surface area contributed by atoms with Gasteiger partial charge in [-0.1, -0.05) is 17.7 Å². The predicted molar refractivity (Wildman–Crippen MR) is 97.0 cm³/mol. The monoisotopic (exact) mass is 345 g/mol. The topological polar surface area (TPSA) is 58.8 Å². The van der Waals surface area contributed by atoms with Crippen molar-refractivity contribution in [2.24, 2.45) is 0 Å². The van der Waals surface area contributed by atoms with E-state index in [1.54, 1.807) is 25.3 Å². The fourth-order valence-corrected chi connectivity index (χ4v) is 3.12. The first-order valence-corrected chi connectivity index (χ1v) is 8.19. The summed E-state index contributed by atoms with van der Waals surface area (Å²) in [6.45, 7) is 2.84. The van der Waals surface area contributed by atoms with Crippen LogP contribution in [0.3, 0.4) is 0 Å². The van der Waals surface area contributed by atoms with Crippen molar-refractivity contribution in [1.82, 2.24) is 4.90 Å². The molecule has 0 aromatic heterocycles. The molecule has 0 radical (unpaired) electrons. The van der Waals surface area contributed by atoms with E-state index < -0.39 is 0 Å². The molecule has 0 atom stereocenters. The van der Waals surface area contributed by atoms with E-state index in [4.69, 9.17) is 22.1 Å². The van der Waals surface area contributed by atoms with Crippen LogP contribution in [0.2, 0.25) is 5.02 Å². The van der Waals surface area contributed by atoms with Crippen LogP contribution in [0.15, 0.2) is 42.5 Å². The first-order chi connectivity index (χ1) is 11.6. The third-order valence-corrected chi connectivity index (χ3v) is 4.52. The number of anilines is 2. The van der Waals surface area contributed by atoms with Gasteiger partial charge in [-0.2, -0.15) is 0 Å². The van der Waals surface area contributed by atoms with Crippen molar-refractivity contribution >= 4 is 28.9 Å². The van der Waals surface area contributed by atoms with Crippen molar-refractivity contribution in [3.63, 3.8) is 0 Å². The highest BCUT2D eigenvalue weighted by Gasteiger charge is 2.23. The first-order valence-electron chi connectivity index (χ1n) is 7.82. The molecule has 5 nitrogen and oxygen atoms in total. The molecule has 3 rings (SSSR count). The van der Waals surface area contributed by atoms with E-state index in [1.165, 1.54) is 0 Å². The summed E-state index contributed by atoms with van der Waals surface area (Å²) in [6.07, 6.45) is 0. The molecule has 0 saturated carbocycles. The Kier molecular flexibility index (Phi) is 4.81. The van der Waals surface area contributed by atoms with Crippen LogP contribution in [-0.2, 0) is 0 Å². The molecule has 1 saturated heterocycles. The first kappa shape index (κ1) is 16.5. The number of piperazine rings is 1. The minimum absolute atomic E-state index is 0.0507. The molecule has 1 amide bonds. The molecule has 0 bridgehead atoms. The molecule has 2 aromatic rings. The van der Waals surface area contributed by atoms with Crippen molar-refractivity contribution in [3.8, 4) is 5.75 Å². The summed E-state index contributed by atoms with van der Waals surface area (Å²) in [5.74, 6) is 0.782. The van der Waals surface area contributed by atoms with Crippen molar-refractivity contribution in [1.29, 1.82) is 0 Å². The highest BCUT2D eigenvalue weighted by atomic mass is 35.5. The van der Waals surface area contributed by atoms with Crippen molar-refractivity contribution < 1.29 is 9.53 Å². The zero-order chi connectivity index (χ0) is 17.1. The summed E-state index contributed by atoms with van der Waals surface area (Å²) in [4.78, 5) is 16.7. The third kappa shape index (κ3) is 3.41. The zero-order valence-corrected chi connectivity index (χ0v) is 14.3. The van der Waals surface area contributed by atoms with Gasteiger partial charge in [0.25, 0.3) is 5.91 Å². The lowest BCUT2D eigenvalue weighted by Gasteiger charge is -2.36. The second-order valence-electron chi connectivity index (χ2n) is 5.72. The number of nitrogens with two attached hydrogens (primary N) is 1. The maximum absolute atomic E-state index is 12.6. The quantitative estimate of drug-likeness (QED) is 0.869. The second kappa shape index (κ2) is 7.01. The van der Waals surface area contributed by atoms with Crippen molar-refractivity contribution in [2.75, 3.05) is 43.9 Å². The molecule has 2 aromatic carbocycles. The minimum atomic E-state index is -0.0507. The van der Waals surface area contributed by atoms with E-state index in [0.717, 1.165) is 24.5 Å². The smallest absolute Gasteiger partial charge is 0.255 e. The molecule has 1 heterocycles. The second-order valence-corrected chi connectivity index (χ2v) is 6.13. The summed E-state index contributed by atoms with van der Waals surface area (Å²) in [5.41, 5.74) is 7.85. The molecule has 0 aliphatic carbocycles. The van der Waals surface area contributed by atoms with Gasteiger partial charge < -0.3 is 20.3 Å². The van der Waals surface area contributed by atoms with E-state index in [1.807, 2.05) is 23.1 Å². The Morgan fingerprint density at radius 3 is 2.54 bits per heavy atom. The molecule has 0 unspecified atom stereocenters. The van der Waals surface area contributed by atoms with Crippen LogP contribution in [0, 0.1) is 0 Å². The number of amides is 1. The number of carbonyl (C=O) groups is 1. The van der Waals surface area contributed by atoms with Gasteiger partial charge in [-0.15, -0.1) is 0 Å². The molecular weight excluding hydrogens is 326 g/mol. The van der Waals surface area contributed by atoms with E-state index in [9.17, 15) is 4.79 Å². The highest BCUT2D eigenvalue weighted by molar-refractivity contribution is 6.34. The minimum Gasteiger partial charge on any atom is -0.497 e. The largest absolute Gasteiger partial charge is 0.497 e. The number of hydrogen-bond acceptors (Lipinski definition) is 4. The van der Waals surface area contributed by atoms with Gasteiger partial charge in [-0.25, -0.2) is 0 Å². The van der Waals surface area contributed by atoms with Gasteiger partial charge in [-0.3, -0.25) is 4.79 Å². The molecule has 1 fully saturated rings. The van der Waals surface area contributed by atoms with E-state index >= 15 is 0 Å². The Balaban J connectivity index is 1.67. The molecule has 24 heavy (non-hydrogen) atoms. The maximum Gasteiger partial charge on any atom is 0.255 e. The fraction of sp³-hybridized carbons (Fsp3) is 0.278. The number of ether oxygens (including phenoxy) is 1. The zero-order valence-electron chi connectivity index (χ0n) is 13.5. The molecular formula is C18H20ClN3O2. The Morgan fingerprint density at radius 2 is 1.88 bits per heavy atom. The average molecular weight is 346 g/mol. The van der Waals surface area contributed by atoms with Gasteiger partial charge >= 0.3 is 0 Å². The normalized spacial score (nSPS) is 14.6. The Morgan fingerprint density at radius 1 is 1.12 bits per heavy atom. The molecule has 1 aliphatic heterocycles. The van der Waals surface area contributed by atoms with Crippen LogP contribution in [0.25, 0.3) is 0 Å². The highest BCUT2D eigenvalue weighted by Crippen LogP contribution is 2.24. The summed E-state index contributed by atoms with van der Waals surface area (Å²) in [7, 11) is 1.66. The Hall–Kier alpha value is -2.40. The van der Waals surface area contributed by atoms with Gasteiger partial charge in [0.2, 0.25) is 0 Å². The van der Waals surface area contributed by atoms with Crippen LogP contribution >= 0.6 is 11.6 Å². The number of nitrogens with zero attached hydrogens (tertiary/aromatic N) is 2. The summed E-state index contributed by atoms with van der Waals surface area (Å²) >= 11 is 6.15. The van der Waals surface area contributed by atoms with Gasteiger partial charge in [0, 0.05) is 43.6 Å². The number of hydrogen-bond donors (Lipinski definition) is 1. The van der Waals surface area contributed by atoms with Gasteiger partial charge in [0.15, 0.2) is 0 Å². The lowest BCUT2D eigenvalue weighted by atomic mass is 10.1. The van der Waals surface area contributed by atoms with Crippen LogP contribution in [0.1, 0.15) is 10.4 Å². The SMILES string of the molecule is COc1cccc(N2CCN(C(=O)c3ccc(N)cc3Cl)CC2)c1. The predicted octanol–water partition coefficient (Wildman–Crippen LogP) is 2.89. The van der Waals surface area contributed by atoms with E-state index in [0.29, 0.717) is 29.4 Å². The number of rotatable bonds is 3. The van der Waals surface area contributed by atoms with E-state index in [-0.39, 0.29) is 5.91 Å². The van der Waals surface area contributed by atoms with Gasteiger partial charge in [0.05, 0.1) is 17.7 Å². The summed E-state index contributed by atoms with van der Waals surface area (Å²) in [6, 6.07) is 13.0. The van der Waals surface area contributed by atoms with Crippen LogP contribution in [0.5, 0.6) is 5.75 Å². The van der Waals surface area contributed by atoms with Gasteiger partial charge in [0.1, 0.15) is 5.75 Å².